The highest BCUT2D eigenvalue weighted by molar-refractivity contribution is 5.92. The van der Waals surface area contributed by atoms with E-state index in [1.807, 2.05) is 35.2 Å². The Kier molecular flexibility index (Phi) is 4.01. The fourth-order valence-electron chi connectivity index (χ4n) is 2.80. The summed E-state index contributed by atoms with van der Waals surface area (Å²) in [5, 5.41) is 3.95. The van der Waals surface area contributed by atoms with Crippen LogP contribution in [-0.4, -0.2) is 42.2 Å². The molecule has 1 saturated heterocycles. The summed E-state index contributed by atoms with van der Waals surface area (Å²) < 4.78 is 5.18. The van der Waals surface area contributed by atoms with Crippen LogP contribution < -0.4 is 5.32 Å². The molecule has 0 unspecified atom stereocenters. The lowest BCUT2D eigenvalue weighted by Gasteiger charge is -2.24. The van der Waals surface area contributed by atoms with Gasteiger partial charge in [0.15, 0.2) is 0 Å². The van der Waals surface area contributed by atoms with E-state index in [0.717, 1.165) is 36.0 Å². The topological polar surface area (TPSA) is 54.5 Å². The molecule has 21 heavy (non-hydrogen) atoms. The lowest BCUT2D eigenvalue weighted by atomic mass is 10.2. The molecule has 0 bridgehead atoms. The van der Waals surface area contributed by atoms with Crippen molar-refractivity contribution in [3.8, 4) is 0 Å². The van der Waals surface area contributed by atoms with E-state index in [1.54, 1.807) is 13.3 Å². The number of methoxy groups -OCH3 is 1. The van der Waals surface area contributed by atoms with Gasteiger partial charge in [0.25, 0.3) is 0 Å². The lowest BCUT2D eigenvalue weighted by molar-refractivity contribution is 0.128. The minimum atomic E-state index is -0.0772. The third kappa shape index (κ3) is 2.97. The van der Waals surface area contributed by atoms with E-state index in [1.165, 1.54) is 0 Å². The van der Waals surface area contributed by atoms with Crippen molar-refractivity contribution in [3.63, 3.8) is 0 Å². The van der Waals surface area contributed by atoms with Crippen LogP contribution in [0.3, 0.4) is 0 Å². The number of carbonyl (C=O) groups is 1. The first-order valence-corrected chi connectivity index (χ1v) is 7.19. The molecular weight excluding hydrogens is 266 g/mol. The molecule has 1 aromatic heterocycles. The van der Waals surface area contributed by atoms with Crippen molar-refractivity contribution < 1.29 is 9.53 Å². The smallest absolute Gasteiger partial charge is 0.322 e. The van der Waals surface area contributed by atoms with E-state index >= 15 is 0 Å². The van der Waals surface area contributed by atoms with Gasteiger partial charge < -0.3 is 15.0 Å². The van der Waals surface area contributed by atoms with Crippen LogP contribution in [0.1, 0.15) is 12.8 Å². The fourth-order valence-corrected chi connectivity index (χ4v) is 2.80. The summed E-state index contributed by atoms with van der Waals surface area (Å²) in [7, 11) is 1.67. The van der Waals surface area contributed by atoms with Crippen molar-refractivity contribution in [1.29, 1.82) is 0 Å². The zero-order valence-electron chi connectivity index (χ0n) is 12.1. The van der Waals surface area contributed by atoms with Gasteiger partial charge in [0.2, 0.25) is 0 Å². The fraction of sp³-hybridized carbons (Fsp3) is 0.375. The molecule has 2 heterocycles. The molecule has 2 amide bonds. The predicted molar refractivity (Wildman–Crippen MR) is 82.4 cm³/mol. The minimum Gasteiger partial charge on any atom is -0.383 e. The first-order valence-electron chi connectivity index (χ1n) is 7.19. The number of rotatable bonds is 3. The summed E-state index contributed by atoms with van der Waals surface area (Å²) in [6.07, 6.45) is 3.72. The number of para-hydroxylation sites is 1. The van der Waals surface area contributed by atoms with Crippen LogP contribution in [0.5, 0.6) is 0 Å². The van der Waals surface area contributed by atoms with E-state index < -0.39 is 0 Å². The number of nitrogens with one attached hydrogen (secondary N) is 1. The second kappa shape index (κ2) is 6.10. The van der Waals surface area contributed by atoms with Crippen LogP contribution in [0.15, 0.2) is 36.5 Å². The van der Waals surface area contributed by atoms with Gasteiger partial charge in [-0.3, -0.25) is 4.98 Å². The number of fused-ring (bicyclic) bond motifs is 1. The number of hydrogen-bond donors (Lipinski definition) is 1. The number of benzene rings is 1. The third-order valence-electron chi connectivity index (χ3n) is 3.84. The average molecular weight is 285 g/mol. The largest absolute Gasteiger partial charge is 0.383 e. The number of carbonyl (C=O) groups excluding carboxylic acids is 1. The van der Waals surface area contributed by atoms with Crippen LogP contribution in [0.2, 0.25) is 0 Å². The van der Waals surface area contributed by atoms with Gasteiger partial charge in [-0.1, -0.05) is 18.2 Å². The van der Waals surface area contributed by atoms with Crippen molar-refractivity contribution >= 4 is 22.6 Å². The monoisotopic (exact) mass is 285 g/mol. The van der Waals surface area contributed by atoms with E-state index in [2.05, 4.69) is 10.3 Å². The molecule has 1 aromatic carbocycles. The molecule has 1 aliphatic heterocycles. The molecule has 0 aliphatic carbocycles. The second-order valence-corrected chi connectivity index (χ2v) is 5.29. The number of anilines is 1. The summed E-state index contributed by atoms with van der Waals surface area (Å²) >= 11 is 0. The molecule has 0 spiro atoms. The van der Waals surface area contributed by atoms with Crippen LogP contribution in [-0.2, 0) is 4.74 Å². The van der Waals surface area contributed by atoms with E-state index in [4.69, 9.17) is 4.74 Å². The van der Waals surface area contributed by atoms with E-state index in [9.17, 15) is 4.79 Å². The van der Waals surface area contributed by atoms with Gasteiger partial charge in [-0.2, -0.15) is 0 Å². The maximum Gasteiger partial charge on any atom is 0.322 e. The minimum absolute atomic E-state index is 0.0772. The first kappa shape index (κ1) is 13.8. The number of pyridine rings is 1. The molecule has 0 saturated carbocycles. The predicted octanol–water partition coefficient (Wildman–Crippen LogP) is 2.88. The number of likely N-dealkylation sites (tertiary alicyclic amines) is 1. The van der Waals surface area contributed by atoms with Gasteiger partial charge in [0.05, 0.1) is 30.0 Å². The number of hydrogen-bond acceptors (Lipinski definition) is 3. The van der Waals surface area contributed by atoms with E-state index in [-0.39, 0.29) is 12.1 Å². The summed E-state index contributed by atoms with van der Waals surface area (Å²) in [5.74, 6) is 0. The van der Waals surface area contributed by atoms with Crippen LogP contribution >= 0.6 is 0 Å². The summed E-state index contributed by atoms with van der Waals surface area (Å²) in [4.78, 5) is 18.6. The lowest BCUT2D eigenvalue weighted by Crippen LogP contribution is -2.40. The molecule has 110 valence electrons. The van der Waals surface area contributed by atoms with Crippen LogP contribution in [0.4, 0.5) is 10.5 Å². The third-order valence-corrected chi connectivity index (χ3v) is 3.84. The Morgan fingerprint density at radius 1 is 1.48 bits per heavy atom. The van der Waals surface area contributed by atoms with Gasteiger partial charge in [-0.15, -0.1) is 0 Å². The highest BCUT2D eigenvalue weighted by Gasteiger charge is 2.28. The molecule has 5 nitrogen and oxygen atoms in total. The molecule has 2 aromatic rings. The Morgan fingerprint density at radius 3 is 3.19 bits per heavy atom. The molecule has 1 fully saturated rings. The summed E-state index contributed by atoms with van der Waals surface area (Å²) in [6.45, 7) is 1.37. The Hall–Kier alpha value is -2.14. The van der Waals surface area contributed by atoms with Gasteiger partial charge in [0, 0.05) is 19.0 Å². The Labute approximate surface area is 123 Å². The Bertz CT molecular complexity index is 644. The molecule has 1 atom stereocenters. The summed E-state index contributed by atoms with van der Waals surface area (Å²) in [5.41, 5.74) is 1.65. The molecule has 5 heteroatoms. The van der Waals surface area contributed by atoms with Gasteiger partial charge in [0.1, 0.15) is 0 Å². The van der Waals surface area contributed by atoms with Crippen molar-refractivity contribution in [2.75, 3.05) is 25.6 Å². The van der Waals surface area contributed by atoms with Gasteiger partial charge >= 0.3 is 6.03 Å². The van der Waals surface area contributed by atoms with Gasteiger partial charge in [-0.25, -0.2) is 4.79 Å². The molecule has 1 N–H and O–H groups in total. The van der Waals surface area contributed by atoms with E-state index in [0.29, 0.717) is 6.61 Å². The molecular formula is C16H19N3O2. The maximum atomic E-state index is 12.4. The Morgan fingerprint density at radius 2 is 2.33 bits per heavy atom. The Balaban J connectivity index is 1.73. The zero-order valence-corrected chi connectivity index (χ0v) is 12.1. The van der Waals surface area contributed by atoms with Crippen molar-refractivity contribution in [3.05, 3.63) is 36.5 Å². The second-order valence-electron chi connectivity index (χ2n) is 5.29. The van der Waals surface area contributed by atoms with Crippen LogP contribution in [0, 0.1) is 0 Å². The molecule has 1 aliphatic rings. The highest BCUT2D eigenvalue weighted by atomic mass is 16.5. The first-order chi connectivity index (χ1) is 10.3. The van der Waals surface area contributed by atoms with Gasteiger partial charge in [-0.05, 0) is 25.0 Å². The number of ether oxygens (including phenoxy) is 1. The average Bonchev–Trinajstić information content (AvgIpc) is 2.96. The number of nitrogens with zero attached hydrogens (tertiary/aromatic N) is 2. The normalized spacial score (nSPS) is 18.1. The maximum absolute atomic E-state index is 12.4. The SMILES string of the molecule is COC[C@@H]1CCCN1C(=O)Nc1cnc2ccccc2c1. The number of urea groups is 1. The number of amides is 2. The number of aromatic nitrogens is 1. The molecule has 0 radical (unpaired) electrons. The standard InChI is InChI=1S/C16H19N3O2/c1-21-11-14-6-4-8-19(14)16(20)18-13-9-12-5-2-3-7-15(12)17-10-13/h2-3,5,7,9-10,14H,4,6,8,11H2,1H3,(H,18,20)/t14-/m0/s1. The highest BCUT2D eigenvalue weighted by Crippen LogP contribution is 2.20. The van der Waals surface area contributed by atoms with Crippen molar-refractivity contribution in [1.82, 2.24) is 9.88 Å². The van der Waals surface area contributed by atoms with Crippen LogP contribution in [0.25, 0.3) is 10.9 Å². The zero-order chi connectivity index (χ0) is 14.7. The summed E-state index contributed by atoms with van der Waals surface area (Å²) in [6, 6.07) is 9.90. The van der Waals surface area contributed by atoms with Crippen molar-refractivity contribution in [2.24, 2.45) is 0 Å². The molecule has 3 rings (SSSR count). The van der Waals surface area contributed by atoms with Crippen molar-refractivity contribution in [2.45, 2.75) is 18.9 Å². The quantitative estimate of drug-likeness (QED) is 0.943.